The lowest BCUT2D eigenvalue weighted by atomic mass is 10.1. The summed E-state index contributed by atoms with van der Waals surface area (Å²) in [5, 5.41) is 1.92. The van der Waals surface area contributed by atoms with Crippen molar-refractivity contribution in [2.45, 2.75) is 6.42 Å². The Kier molecular flexibility index (Phi) is 2.14. The van der Waals surface area contributed by atoms with Gasteiger partial charge in [-0.25, -0.2) is 4.98 Å². The van der Waals surface area contributed by atoms with E-state index in [0.29, 0.717) is 5.82 Å². The minimum Gasteiger partial charge on any atom is -0.297 e. The largest absolute Gasteiger partial charge is 0.297 e. The van der Waals surface area contributed by atoms with Gasteiger partial charge in [0.15, 0.2) is 5.78 Å². The highest BCUT2D eigenvalue weighted by atomic mass is 16.2. The Bertz CT molecular complexity index is 616. The third kappa shape index (κ3) is 1.58. The first-order valence-corrected chi connectivity index (χ1v) is 5.41. The van der Waals surface area contributed by atoms with Crippen molar-refractivity contribution in [3.8, 4) is 0 Å². The lowest BCUT2D eigenvalue weighted by Gasteiger charge is -2.15. The fourth-order valence-electron chi connectivity index (χ4n) is 2.10. The maximum atomic E-state index is 11.7. The molecule has 0 spiro atoms. The summed E-state index contributed by atoms with van der Waals surface area (Å²) in [6.07, 6.45) is 1.65. The molecule has 0 unspecified atom stereocenters. The maximum Gasteiger partial charge on any atom is 0.236 e. The van der Waals surface area contributed by atoms with Crippen LogP contribution in [0.1, 0.15) is 6.42 Å². The lowest BCUT2D eigenvalue weighted by molar-refractivity contribution is -0.121. The topological polar surface area (TPSA) is 50.3 Å². The molecule has 84 valence electrons. The van der Waals surface area contributed by atoms with Gasteiger partial charge in [-0.3, -0.25) is 14.5 Å². The maximum absolute atomic E-state index is 11.7. The molecule has 0 N–H and O–H groups in total. The number of benzene rings is 1. The zero-order valence-electron chi connectivity index (χ0n) is 9.09. The molecule has 0 saturated carbocycles. The number of hydrogen-bond acceptors (Lipinski definition) is 3. The number of aromatic nitrogens is 1. The summed E-state index contributed by atoms with van der Waals surface area (Å²) in [6.45, 7) is 0.139. The third-order valence-electron chi connectivity index (χ3n) is 2.89. The zero-order valence-corrected chi connectivity index (χ0v) is 9.09. The van der Waals surface area contributed by atoms with Crippen LogP contribution in [-0.2, 0) is 9.59 Å². The van der Waals surface area contributed by atoms with Gasteiger partial charge in [0.25, 0.3) is 0 Å². The first kappa shape index (κ1) is 9.96. The number of carbonyl (C=O) groups excluding carboxylic acids is 2. The summed E-state index contributed by atoms with van der Waals surface area (Å²) in [4.78, 5) is 28.7. The Labute approximate surface area is 97.9 Å². The van der Waals surface area contributed by atoms with Crippen molar-refractivity contribution >= 4 is 28.3 Å². The van der Waals surface area contributed by atoms with Crippen LogP contribution in [0.4, 0.5) is 5.82 Å². The number of anilines is 1. The van der Waals surface area contributed by atoms with E-state index >= 15 is 0 Å². The lowest BCUT2D eigenvalue weighted by Crippen LogP contribution is -2.25. The molecule has 3 rings (SSSR count). The first-order valence-electron chi connectivity index (χ1n) is 5.41. The van der Waals surface area contributed by atoms with Crippen LogP contribution in [0, 0.1) is 0 Å². The van der Waals surface area contributed by atoms with Crippen molar-refractivity contribution in [1.82, 2.24) is 4.98 Å². The molecule has 1 aromatic heterocycles. The second-order valence-corrected chi connectivity index (χ2v) is 4.05. The summed E-state index contributed by atoms with van der Waals surface area (Å²) in [6, 6.07) is 9.59. The quantitative estimate of drug-likeness (QED) is 0.693. The summed E-state index contributed by atoms with van der Waals surface area (Å²) in [5.74, 6) is 0.363. The Morgan fingerprint density at radius 2 is 1.94 bits per heavy atom. The molecular formula is C13H10N2O2. The van der Waals surface area contributed by atoms with Crippen molar-refractivity contribution in [3.63, 3.8) is 0 Å². The van der Waals surface area contributed by atoms with Gasteiger partial charge in [-0.2, -0.15) is 0 Å². The molecule has 17 heavy (non-hydrogen) atoms. The van der Waals surface area contributed by atoms with Crippen LogP contribution in [-0.4, -0.2) is 23.2 Å². The highest BCUT2D eigenvalue weighted by molar-refractivity contribution is 6.17. The van der Waals surface area contributed by atoms with Gasteiger partial charge in [-0.15, -0.1) is 0 Å². The first-order chi connectivity index (χ1) is 8.25. The Morgan fingerprint density at radius 1 is 1.12 bits per heavy atom. The number of pyridine rings is 1. The van der Waals surface area contributed by atoms with Gasteiger partial charge in [0.2, 0.25) is 5.91 Å². The van der Waals surface area contributed by atoms with Gasteiger partial charge in [-0.05, 0) is 11.5 Å². The molecule has 4 heteroatoms. The number of ketones is 1. The van der Waals surface area contributed by atoms with E-state index < -0.39 is 0 Å². The van der Waals surface area contributed by atoms with E-state index in [4.69, 9.17) is 0 Å². The van der Waals surface area contributed by atoms with Crippen LogP contribution in [0.2, 0.25) is 0 Å². The van der Waals surface area contributed by atoms with Gasteiger partial charge >= 0.3 is 0 Å². The second kappa shape index (κ2) is 3.66. The van der Waals surface area contributed by atoms with Crippen LogP contribution in [0.5, 0.6) is 0 Å². The standard InChI is InChI=1S/C13H10N2O2/c16-10-7-12(17)15(8-10)13-11-4-2-1-3-9(11)5-6-14-13/h1-6H,7-8H2. The van der Waals surface area contributed by atoms with E-state index in [0.717, 1.165) is 10.8 Å². The van der Waals surface area contributed by atoms with Crippen LogP contribution >= 0.6 is 0 Å². The Balaban J connectivity index is 2.17. The fraction of sp³-hybridized carbons (Fsp3) is 0.154. The van der Waals surface area contributed by atoms with Crippen LogP contribution in [0.3, 0.4) is 0 Å². The fourth-order valence-corrected chi connectivity index (χ4v) is 2.10. The Morgan fingerprint density at radius 3 is 2.71 bits per heavy atom. The summed E-state index contributed by atoms with van der Waals surface area (Å²) in [5.41, 5.74) is 0. The third-order valence-corrected chi connectivity index (χ3v) is 2.89. The van der Waals surface area contributed by atoms with Crippen molar-refractivity contribution < 1.29 is 9.59 Å². The number of carbonyl (C=O) groups is 2. The average Bonchev–Trinajstić information content (AvgIpc) is 2.68. The molecule has 2 heterocycles. The van der Waals surface area contributed by atoms with E-state index in [-0.39, 0.29) is 24.7 Å². The van der Waals surface area contributed by atoms with Gasteiger partial charge in [0.05, 0.1) is 13.0 Å². The molecule has 1 fully saturated rings. The van der Waals surface area contributed by atoms with Crippen molar-refractivity contribution in [1.29, 1.82) is 0 Å². The van der Waals surface area contributed by atoms with E-state index in [2.05, 4.69) is 4.98 Å². The minimum absolute atomic E-state index is 0.00903. The summed E-state index contributed by atoms with van der Waals surface area (Å²) >= 11 is 0. The van der Waals surface area contributed by atoms with E-state index in [1.54, 1.807) is 6.20 Å². The van der Waals surface area contributed by atoms with Crippen molar-refractivity contribution in [2.24, 2.45) is 0 Å². The molecule has 0 bridgehead atoms. The normalized spacial score (nSPS) is 15.9. The molecule has 1 saturated heterocycles. The average molecular weight is 226 g/mol. The van der Waals surface area contributed by atoms with Gasteiger partial charge < -0.3 is 0 Å². The van der Waals surface area contributed by atoms with Gasteiger partial charge in [0, 0.05) is 11.6 Å². The molecule has 2 aromatic rings. The second-order valence-electron chi connectivity index (χ2n) is 4.05. The van der Waals surface area contributed by atoms with E-state index in [1.165, 1.54) is 4.90 Å². The molecule has 1 aromatic carbocycles. The smallest absolute Gasteiger partial charge is 0.236 e. The van der Waals surface area contributed by atoms with E-state index in [1.807, 2.05) is 30.3 Å². The number of rotatable bonds is 1. The molecule has 1 aliphatic heterocycles. The molecule has 0 atom stereocenters. The van der Waals surface area contributed by atoms with Crippen molar-refractivity contribution in [2.75, 3.05) is 11.4 Å². The zero-order chi connectivity index (χ0) is 11.8. The van der Waals surface area contributed by atoms with Crippen LogP contribution in [0.25, 0.3) is 10.8 Å². The predicted molar refractivity (Wildman–Crippen MR) is 63.7 cm³/mol. The van der Waals surface area contributed by atoms with E-state index in [9.17, 15) is 9.59 Å². The number of hydrogen-bond donors (Lipinski definition) is 0. The highest BCUT2D eigenvalue weighted by Gasteiger charge is 2.30. The minimum atomic E-state index is -0.168. The van der Waals surface area contributed by atoms with Crippen LogP contribution in [0.15, 0.2) is 36.5 Å². The van der Waals surface area contributed by atoms with Crippen molar-refractivity contribution in [3.05, 3.63) is 36.5 Å². The highest BCUT2D eigenvalue weighted by Crippen LogP contribution is 2.26. The van der Waals surface area contributed by atoms with Gasteiger partial charge in [0.1, 0.15) is 5.82 Å². The monoisotopic (exact) mass is 226 g/mol. The molecule has 0 aliphatic carbocycles. The predicted octanol–water partition coefficient (Wildman–Crippen LogP) is 1.54. The summed E-state index contributed by atoms with van der Waals surface area (Å²) < 4.78 is 0. The molecule has 1 amide bonds. The Hall–Kier alpha value is -2.23. The molecular weight excluding hydrogens is 216 g/mol. The van der Waals surface area contributed by atoms with Crippen LogP contribution < -0.4 is 4.90 Å². The molecule has 4 nitrogen and oxygen atoms in total. The summed E-state index contributed by atoms with van der Waals surface area (Å²) in [7, 11) is 0. The molecule has 1 aliphatic rings. The molecule has 0 radical (unpaired) electrons. The SMILES string of the molecule is O=C1CC(=O)N(c2nccc3ccccc23)C1. The number of fused-ring (bicyclic) bond motifs is 1. The number of amides is 1. The number of nitrogens with zero attached hydrogens (tertiary/aromatic N) is 2. The number of Topliss-reactive ketones (excluding diaryl/α,β-unsaturated/α-hetero) is 1. The van der Waals surface area contributed by atoms with Gasteiger partial charge in [-0.1, -0.05) is 24.3 Å².